The Morgan fingerprint density at radius 1 is 1.10 bits per heavy atom. The van der Waals surface area contributed by atoms with Crippen molar-refractivity contribution < 1.29 is 4.52 Å². The summed E-state index contributed by atoms with van der Waals surface area (Å²) >= 11 is 0. The van der Waals surface area contributed by atoms with Crippen molar-refractivity contribution in [3.63, 3.8) is 0 Å². The number of anilines is 1. The van der Waals surface area contributed by atoms with E-state index in [2.05, 4.69) is 42.3 Å². The molecule has 0 aromatic carbocycles. The zero-order valence-electron chi connectivity index (χ0n) is 11.9. The minimum atomic E-state index is 0.665. The predicted octanol–water partition coefficient (Wildman–Crippen LogP) is 1.06. The van der Waals surface area contributed by atoms with Crippen LogP contribution in [0.2, 0.25) is 0 Å². The molecule has 2 aromatic rings. The van der Waals surface area contributed by atoms with Gasteiger partial charge in [0.1, 0.15) is 0 Å². The molecule has 2 aliphatic rings. The first-order valence-electron chi connectivity index (χ1n) is 7.45. The zero-order chi connectivity index (χ0) is 14.1. The van der Waals surface area contributed by atoms with E-state index in [0.29, 0.717) is 5.92 Å². The highest BCUT2D eigenvalue weighted by Gasteiger charge is 2.26. The number of rotatable bonds is 4. The number of hydrogen-bond acceptors (Lipinski definition) is 7. The van der Waals surface area contributed by atoms with E-state index in [-0.39, 0.29) is 0 Å². The molecule has 1 aliphatic heterocycles. The summed E-state index contributed by atoms with van der Waals surface area (Å²) in [4.78, 5) is 8.68. The molecule has 110 valence electrons. The van der Waals surface area contributed by atoms with Gasteiger partial charge < -0.3 is 9.42 Å². The summed E-state index contributed by atoms with van der Waals surface area (Å²) in [5, 5.41) is 12.6. The van der Waals surface area contributed by atoms with Crippen LogP contribution in [0.15, 0.2) is 23.0 Å². The van der Waals surface area contributed by atoms with Crippen molar-refractivity contribution >= 4 is 5.82 Å². The third kappa shape index (κ3) is 2.87. The van der Waals surface area contributed by atoms with E-state index < -0.39 is 0 Å². The van der Waals surface area contributed by atoms with Crippen LogP contribution < -0.4 is 4.90 Å². The minimum Gasteiger partial charge on any atom is -0.353 e. The second-order valence-electron chi connectivity index (χ2n) is 5.70. The molecule has 4 rings (SSSR count). The maximum Gasteiger partial charge on any atom is 0.213 e. The van der Waals surface area contributed by atoms with Gasteiger partial charge in [0.05, 0.1) is 12.2 Å². The highest BCUT2D eigenvalue weighted by molar-refractivity contribution is 5.38. The molecule has 2 fully saturated rings. The van der Waals surface area contributed by atoms with Crippen LogP contribution in [-0.4, -0.2) is 51.4 Å². The Balaban J connectivity index is 1.33. The lowest BCUT2D eigenvalue weighted by Gasteiger charge is -2.34. The highest BCUT2D eigenvalue weighted by Crippen LogP contribution is 2.38. The fourth-order valence-electron chi connectivity index (χ4n) is 2.70. The third-order valence-corrected chi connectivity index (χ3v) is 4.13. The quantitative estimate of drug-likeness (QED) is 0.832. The van der Waals surface area contributed by atoms with Crippen LogP contribution in [0.3, 0.4) is 0 Å². The van der Waals surface area contributed by atoms with E-state index in [4.69, 9.17) is 4.52 Å². The van der Waals surface area contributed by atoms with Crippen LogP contribution in [0.25, 0.3) is 0 Å². The van der Waals surface area contributed by atoms with Crippen molar-refractivity contribution in [1.29, 1.82) is 0 Å². The average Bonchev–Trinajstić information content (AvgIpc) is 3.27. The summed E-state index contributed by atoms with van der Waals surface area (Å²) in [6.45, 7) is 4.60. The van der Waals surface area contributed by atoms with E-state index >= 15 is 0 Å². The van der Waals surface area contributed by atoms with E-state index in [1.54, 1.807) is 0 Å². The van der Waals surface area contributed by atoms with Gasteiger partial charge in [-0.1, -0.05) is 5.16 Å². The van der Waals surface area contributed by atoms with Crippen LogP contribution in [0, 0.1) is 0 Å². The van der Waals surface area contributed by atoms with E-state index in [1.807, 2.05) is 0 Å². The van der Waals surface area contributed by atoms with Gasteiger partial charge in [0, 0.05) is 32.1 Å². The maximum atomic E-state index is 4.77. The smallest absolute Gasteiger partial charge is 0.213 e. The molecule has 7 heteroatoms. The molecule has 0 atom stereocenters. The zero-order valence-corrected chi connectivity index (χ0v) is 11.9. The predicted molar refractivity (Wildman–Crippen MR) is 75.8 cm³/mol. The van der Waals surface area contributed by atoms with Crippen LogP contribution in [0.1, 0.15) is 30.3 Å². The molecule has 1 aliphatic carbocycles. The van der Waals surface area contributed by atoms with Crippen LogP contribution in [-0.2, 0) is 6.54 Å². The summed E-state index contributed by atoms with van der Waals surface area (Å²) in [6, 6.07) is 4.24. The van der Waals surface area contributed by atoms with Gasteiger partial charge in [0.15, 0.2) is 11.6 Å². The molecule has 1 saturated carbocycles. The highest BCUT2D eigenvalue weighted by atomic mass is 16.5. The van der Waals surface area contributed by atoms with E-state index in [1.165, 1.54) is 19.2 Å². The largest absolute Gasteiger partial charge is 0.353 e. The Bertz CT molecular complexity index is 572. The van der Waals surface area contributed by atoms with Crippen molar-refractivity contribution in [2.24, 2.45) is 0 Å². The molecule has 1 saturated heterocycles. The summed E-state index contributed by atoms with van der Waals surface area (Å²) in [5.74, 6) is 2.40. The standard InChI is InChI=1S/C14H18N6O/c1-2-11(1)12-3-4-14(17-16-12)20-7-5-19(6-8-20)9-13-15-10-21-18-13/h3-4,10-11H,1-2,5-9H2. The van der Waals surface area contributed by atoms with Crippen LogP contribution in [0.5, 0.6) is 0 Å². The molecule has 3 heterocycles. The van der Waals surface area contributed by atoms with Crippen molar-refractivity contribution in [3.8, 4) is 0 Å². The summed E-state index contributed by atoms with van der Waals surface area (Å²) in [5.41, 5.74) is 1.15. The van der Waals surface area contributed by atoms with Gasteiger partial charge in [0.25, 0.3) is 0 Å². The first kappa shape index (κ1) is 12.7. The lowest BCUT2D eigenvalue weighted by atomic mass is 10.2. The molecule has 0 bridgehead atoms. The van der Waals surface area contributed by atoms with Crippen LogP contribution in [0.4, 0.5) is 5.82 Å². The van der Waals surface area contributed by atoms with Gasteiger partial charge in [0.2, 0.25) is 6.39 Å². The van der Waals surface area contributed by atoms with E-state index in [0.717, 1.165) is 50.1 Å². The molecule has 0 amide bonds. The van der Waals surface area contributed by atoms with Crippen molar-refractivity contribution in [2.75, 3.05) is 31.1 Å². The lowest BCUT2D eigenvalue weighted by Crippen LogP contribution is -2.46. The normalized spacial score (nSPS) is 19.9. The average molecular weight is 286 g/mol. The Morgan fingerprint density at radius 2 is 1.95 bits per heavy atom. The molecule has 0 unspecified atom stereocenters. The second-order valence-corrected chi connectivity index (χ2v) is 5.70. The molecule has 0 N–H and O–H groups in total. The maximum absolute atomic E-state index is 4.77. The Morgan fingerprint density at radius 3 is 2.57 bits per heavy atom. The fraction of sp³-hybridized carbons (Fsp3) is 0.571. The monoisotopic (exact) mass is 286 g/mol. The Hall–Kier alpha value is -2.02. The van der Waals surface area contributed by atoms with Crippen molar-refractivity contribution in [2.45, 2.75) is 25.3 Å². The first-order chi connectivity index (χ1) is 10.4. The molecular weight excluding hydrogens is 268 g/mol. The SMILES string of the molecule is c1nc(CN2CCN(c3ccc(C4CC4)nn3)CC2)no1. The number of nitrogens with zero attached hydrogens (tertiary/aromatic N) is 6. The van der Waals surface area contributed by atoms with Gasteiger partial charge in [-0.25, -0.2) is 0 Å². The van der Waals surface area contributed by atoms with Gasteiger partial charge in [-0.3, -0.25) is 4.90 Å². The number of hydrogen-bond donors (Lipinski definition) is 0. The molecule has 0 radical (unpaired) electrons. The van der Waals surface area contributed by atoms with Gasteiger partial charge in [-0.05, 0) is 25.0 Å². The topological polar surface area (TPSA) is 71.2 Å². The van der Waals surface area contributed by atoms with Gasteiger partial charge >= 0.3 is 0 Å². The van der Waals surface area contributed by atoms with Crippen molar-refractivity contribution in [1.82, 2.24) is 25.2 Å². The fourth-order valence-corrected chi connectivity index (χ4v) is 2.70. The second kappa shape index (κ2) is 5.40. The van der Waals surface area contributed by atoms with Gasteiger partial charge in [-0.15, -0.1) is 5.10 Å². The summed E-state index contributed by atoms with van der Waals surface area (Å²) in [6.07, 6.45) is 3.91. The van der Waals surface area contributed by atoms with E-state index in [9.17, 15) is 0 Å². The number of aromatic nitrogens is 4. The molecule has 21 heavy (non-hydrogen) atoms. The molecule has 0 spiro atoms. The molecular formula is C14H18N6O. The Kier molecular flexibility index (Phi) is 3.27. The number of piperazine rings is 1. The minimum absolute atomic E-state index is 0.665. The van der Waals surface area contributed by atoms with Gasteiger partial charge in [-0.2, -0.15) is 10.1 Å². The summed E-state index contributed by atoms with van der Waals surface area (Å²) < 4.78 is 4.77. The third-order valence-electron chi connectivity index (χ3n) is 4.13. The summed E-state index contributed by atoms with van der Waals surface area (Å²) in [7, 11) is 0. The molecule has 2 aromatic heterocycles. The first-order valence-corrected chi connectivity index (χ1v) is 7.45. The molecule has 7 nitrogen and oxygen atoms in total. The van der Waals surface area contributed by atoms with Crippen LogP contribution >= 0.6 is 0 Å². The Labute approximate surface area is 123 Å². The van der Waals surface area contributed by atoms with Crippen molar-refractivity contribution in [3.05, 3.63) is 30.0 Å². The lowest BCUT2D eigenvalue weighted by molar-refractivity contribution is 0.239.